The van der Waals surface area contributed by atoms with Crippen molar-refractivity contribution < 1.29 is 17.9 Å². The van der Waals surface area contributed by atoms with Crippen LogP contribution in [-0.4, -0.2) is 35.7 Å². The molecular formula is C10H15ClF3N3O. The summed E-state index contributed by atoms with van der Waals surface area (Å²) in [5.74, 6) is 0. The topological polar surface area (TPSA) is 39.1 Å². The Kier molecular flexibility index (Phi) is 5.43. The molecule has 1 N–H and O–H groups in total. The van der Waals surface area contributed by atoms with Crippen molar-refractivity contribution in [3.05, 3.63) is 16.4 Å². The molecule has 0 amide bonds. The lowest BCUT2D eigenvalue weighted by Gasteiger charge is -2.08. The number of hydrogen-bond acceptors (Lipinski definition) is 3. The molecule has 0 saturated heterocycles. The highest BCUT2D eigenvalue weighted by molar-refractivity contribution is 6.31. The van der Waals surface area contributed by atoms with Gasteiger partial charge in [0, 0.05) is 20.1 Å². The van der Waals surface area contributed by atoms with E-state index in [1.54, 1.807) is 18.7 Å². The molecule has 0 aliphatic heterocycles. The van der Waals surface area contributed by atoms with Gasteiger partial charge in [-0.15, -0.1) is 0 Å². The fraction of sp³-hybridized carbons (Fsp3) is 0.700. The quantitative estimate of drug-likeness (QED) is 0.813. The van der Waals surface area contributed by atoms with E-state index in [1.807, 2.05) is 0 Å². The van der Waals surface area contributed by atoms with Crippen molar-refractivity contribution in [2.75, 3.05) is 19.8 Å². The van der Waals surface area contributed by atoms with Gasteiger partial charge in [-0.25, -0.2) is 0 Å². The van der Waals surface area contributed by atoms with E-state index >= 15 is 0 Å². The summed E-state index contributed by atoms with van der Waals surface area (Å²) in [5, 5.41) is 7.64. The van der Waals surface area contributed by atoms with Gasteiger partial charge in [0.15, 0.2) is 0 Å². The van der Waals surface area contributed by atoms with Crippen LogP contribution in [0.5, 0.6) is 0 Å². The Morgan fingerprint density at radius 2 is 2.11 bits per heavy atom. The summed E-state index contributed by atoms with van der Waals surface area (Å²) >= 11 is 6.01. The Balaban J connectivity index is 2.22. The van der Waals surface area contributed by atoms with Crippen LogP contribution in [0.4, 0.5) is 13.2 Å². The van der Waals surface area contributed by atoms with Crippen LogP contribution in [0, 0.1) is 6.92 Å². The molecule has 104 valence electrons. The summed E-state index contributed by atoms with van der Waals surface area (Å²) in [6.45, 7) is 1.31. The number of nitrogens with one attached hydrogen (secondary N) is 1. The molecule has 1 heterocycles. The first-order valence-corrected chi connectivity index (χ1v) is 5.72. The third-order valence-electron chi connectivity index (χ3n) is 2.24. The van der Waals surface area contributed by atoms with Crippen molar-refractivity contribution >= 4 is 11.6 Å². The zero-order valence-corrected chi connectivity index (χ0v) is 10.9. The predicted octanol–water partition coefficient (Wildman–Crippen LogP) is 2.05. The van der Waals surface area contributed by atoms with Gasteiger partial charge >= 0.3 is 6.18 Å². The molecule has 1 aromatic heterocycles. The molecule has 0 spiro atoms. The van der Waals surface area contributed by atoms with Crippen LogP contribution >= 0.6 is 11.6 Å². The maximum absolute atomic E-state index is 11.8. The summed E-state index contributed by atoms with van der Waals surface area (Å²) in [7, 11) is 1.76. The number of aromatic nitrogens is 2. The van der Waals surface area contributed by atoms with E-state index in [2.05, 4.69) is 15.2 Å². The highest BCUT2D eigenvalue weighted by Crippen LogP contribution is 2.18. The second-order valence-corrected chi connectivity index (χ2v) is 4.19. The van der Waals surface area contributed by atoms with E-state index in [1.165, 1.54) is 0 Å². The van der Waals surface area contributed by atoms with Crippen molar-refractivity contribution in [1.29, 1.82) is 0 Å². The average molecular weight is 286 g/mol. The Morgan fingerprint density at radius 1 is 1.44 bits per heavy atom. The Labute approximate surface area is 108 Å². The molecule has 0 radical (unpaired) electrons. The molecule has 4 nitrogen and oxygen atoms in total. The largest absolute Gasteiger partial charge is 0.411 e. The molecule has 0 aliphatic carbocycles. The van der Waals surface area contributed by atoms with Gasteiger partial charge < -0.3 is 10.1 Å². The summed E-state index contributed by atoms with van der Waals surface area (Å²) < 4.78 is 41.4. The molecule has 1 rings (SSSR count). The molecule has 18 heavy (non-hydrogen) atoms. The number of ether oxygens (including phenoxy) is 1. The van der Waals surface area contributed by atoms with Crippen molar-refractivity contribution in [2.45, 2.75) is 19.6 Å². The Morgan fingerprint density at radius 3 is 2.61 bits per heavy atom. The van der Waals surface area contributed by atoms with Crippen LogP contribution in [0.2, 0.25) is 5.02 Å². The summed E-state index contributed by atoms with van der Waals surface area (Å²) in [6, 6.07) is 0. The maximum Gasteiger partial charge on any atom is 0.411 e. The third-order valence-corrected chi connectivity index (χ3v) is 2.73. The minimum atomic E-state index is -4.28. The van der Waals surface area contributed by atoms with E-state index in [4.69, 9.17) is 11.6 Å². The van der Waals surface area contributed by atoms with Gasteiger partial charge in [-0.05, 0) is 6.92 Å². The number of halogens is 4. The molecule has 0 unspecified atom stereocenters. The average Bonchev–Trinajstić information content (AvgIpc) is 2.47. The standard InChI is InChI=1S/C10H15ClF3N3O/c1-7-9(11)8(17(2)16-7)5-15-3-4-18-6-10(12,13)14/h15H,3-6H2,1-2H3. The van der Waals surface area contributed by atoms with Gasteiger partial charge in [0.2, 0.25) is 0 Å². The van der Waals surface area contributed by atoms with E-state index in [0.29, 0.717) is 18.1 Å². The molecule has 1 aromatic rings. The first-order valence-electron chi connectivity index (χ1n) is 5.34. The Bertz CT molecular complexity index is 392. The fourth-order valence-corrected chi connectivity index (χ4v) is 1.64. The van der Waals surface area contributed by atoms with Gasteiger partial charge in [0.05, 0.1) is 23.0 Å². The molecule has 0 fully saturated rings. The minimum Gasteiger partial charge on any atom is -0.371 e. The smallest absolute Gasteiger partial charge is 0.371 e. The van der Waals surface area contributed by atoms with Crippen molar-refractivity contribution in [2.24, 2.45) is 7.05 Å². The molecule has 0 aliphatic rings. The van der Waals surface area contributed by atoms with E-state index in [0.717, 1.165) is 11.4 Å². The number of aryl methyl sites for hydroxylation is 2. The van der Waals surface area contributed by atoms with E-state index in [9.17, 15) is 13.2 Å². The van der Waals surface area contributed by atoms with Gasteiger partial charge in [0.25, 0.3) is 0 Å². The number of alkyl halides is 3. The minimum absolute atomic E-state index is 0.00599. The maximum atomic E-state index is 11.8. The second kappa shape index (κ2) is 6.40. The van der Waals surface area contributed by atoms with Gasteiger partial charge in [0.1, 0.15) is 6.61 Å². The van der Waals surface area contributed by atoms with Crippen molar-refractivity contribution in [3.8, 4) is 0 Å². The summed E-state index contributed by atoms with van der Waals surface area (Å²) in [4.78, 5) is 0. The predicted molar refractivity (Wildman–Crippen MR) is 61.5 cm³/mol. The highest BCUT2D eigenvalue weighted by Gasteiger charge is 2.27. The van der Waals surface area contributed by atoms with E-state index < -0.39 is 12.8 Å². The van der Waals surface area contributed by atoms with Crippen molar-refractivity contribution in [1.82, 2.24) is 15.1 Å². The molecule has 0 saturated carbocycles. The van der Waals surface area contributed by atoms with Gasteiger partial charge in [-0.2, -0.15) is 18.3 Å². The fourth-order valence-electron chi connectivity index (χ4n) is 1.41. The monoisotopic (exact) mass is 285 g/mol. The van der Waals surface area contributed by atoms with E-state index in [-0.39, 0.29) is 6.61 Å². The number of hydrogen-bond donors (Lipinski definition) is 1. The van der Waals surface area contributed by atoms with Gasteiger partial charge in [-0.3, -0.25) is 4.68 Å². The van der Waals surface area contributed by atoms with Crippen LogP contribution < -0.4 is 5.32 Å². The normalized spacial score (nSPS) is 12.1. The first kappa shape index (κ1) is 15.3. The van der Waals surface area contributed by atoms with Crippen LogP contribution in [0.3, 0.4) is 0 Å². The zero-order chi connectivity index (χ0) is 13.8. The lowest BCUT2D eigenvalue weighted by Crippen LogP contribution is -2.24. The highest BCUT2D eigenvalue weighted by atomic mass is 35.5. The summed E-state index contributed by atoms with van der Waals surface area (Å²) in [6.07, 6.45) is -4.28. The second-order valence-electron chi connectivity index (χ2n) is 3.81. The van der Waals surface area contributed by atoms with Crippen LogP contribution in [0.25, 0.3) is 0 Å². The van der Waals surface area contributed by atoms with Crippen LogP contribution in [0.15, 0.2) is 0 Å². The molecular weight excluding hydrogens is 271 g/mol. The number of rotatable bonds is 6. The lowest BCUT2D eigenvalue weighted by molar-refractivity contribution is -0.173. The first-order chi connectivity index (χ1) is 8.31. The number of nitrogens with zero attached hydrogens (tertiary/aromatic N) is 2. The van der Waals surface area contributed by atoms with Crippen LogP contribution in [0.1, 0.15) is 11.4 Å². The Hall–Kier alpha value is -0.790. The third kappa shape index (κ3) is 4.83. The molecule has 8 heteroatoms. The molecule has 0 aromatic carbocycles. The zero-order valence-electron chi connectivity index (χ0n) is 10.1. The van der Waals surface area contributed by atoms with Gasteiger partial charge in [-0.1, -0.05) is 11.6 Å². The molecule has 0 bridgehead atoms. The summed E-state index contributed by atoms with van der Waals surface area (Å²) in [5.41, 5.74) is 1.52. The lowest BCUT2D eigenvalue weighted by atomic mass is 10.3. The van der Waals surface area contributed by atoms with Crippen molar-refractivity contribution in [3.63, 3.8) is 0 Å². The van der Waals surface area contributed by atoms with Crippen LogP contribution in [-0.2, 0) is 18.3 Å². The molecule has 0 atom stereocenters. The SMILES string of the molecule is Cc1nn(C)c(CNCCOCC(F)(F)F)c1Cl.